The third-order valence-corrected chi connectivity index (χ3v) is 3.98. The van der Waals surface area contributed by atoms with E-state index in [4.69, 9.17) is 5.73 Å². The Morgan fingerprint density at radius 2 is 1.94 bits per heavy atom. The highest BCUT2D eigenvalue weighted by atomic mass is 35.5. The molecule has 4 nitrogen and oxygen atoms in total. The van der Waals surface area contributed by atoms with Crippen molar-refractivity contribution in [3.63, 3.8) is 0 Å². The Hall–Kier alpha value is -0.0300. The van der Waals surface area contributed by atoms with Crippen molar-refractivity contribution in [3.8, 4) is 0 Å². The van der Waals surface area contributed by atoms with Crippen molar-refractivity contribution < 1.29 is 4.79 Å². The molecule has 0 bridgehead atoms. The van der Waals surface area contributed by atoms with Gasteiger partial charge in [0, 0.05) is 6.04 Å². The molecular formula is C11H23Cl2N3O. The van der Waals surface area contributed by atoms with Crippen LogP contribution in [0, 0.1) is 0 Å². The maximum Gasteiger partial charge on any atom is 0.237 e. The second-order valence-corrected chi connectivity index (χ2v) is 4.92. The van der Waals surface area contributed by atoms with E-state index in [-0.39, 0.29) is 36.3 Å². The molecule has 0 aliphatic carbocycles. The number of halogens is 2. The topological polar surface area (TPSA) is 58.4 Å². The smallest absolute Gasteiger partial charge is 0.237 e. The Balaban J connectivity index is 0.00000128. The van der Waals surface area contributed by atoms with Crippen LogP contribution in [0.5, 0.6) is 0 Å². The van der Waals surface area contributed by atoms with Crippen LogP contribution in [-0.4, -0.2) is 42.0 Å². The molecule has 17 heavy (non-hydrogen) atoms. The average Bonchev–Trinajstić information content (AvgIpc) is 2.63. The number of nitrogens with zero attached hydrogens (tertiary/aromatic N) is 1. The molecule has 1 unspecified atom stereocenters. The molecule has 2 fully saturated rings. The van der Waals surface area contributed by atoms with Crippen molar-refractivity contribution in [2.45, 2.75) is 44.2 Å². The highest BCUT2D eigenvalue weighted by molar-refractivity contribution is 5.85. The van der Waals surface area contributed by atoms with Crippen molar-refractivity contribution in [2.75, 3.05) is 19.6 Å². The molecular weight excluding hydrogens is 261 g/mol. The molecule has 2 aliphatic rings. The minimum Gasteiger partial charge on any atom is -0.368 e. The first-order chi connectivity index (χ1) is 7.14. The fraction of sp³-hybridized carbons (Fsp3) is 0.909. The first-order valence-corrected chi connectivity index (χ1v) is 5.92. The summed E-state index contributed by atoms with van der Waals surface area (Å²) >= 11 is 0. The van der Waals surface area contributed by atoms with Gasteiger partial charge in [-0.2, -0.15) is 0 Å². The lowest BCUT2D eigenvalue weighted by molar-refractivity contribution is -0.129. The summed E-state index contributed by atoms with van der Waals surface area (Å²) in [7, 11) is 0. The van der Waals surface area contributed by atoms with E-state index in [1.54, 1.807) is 0 Å². The van der Waals surface area contributed by atoms with Gasteiger partial charge >= 0.3 is 0 Å². The summed E-state index contributed by atoms with van der Waals surface area (Å²) in [5, 5.41) is 3.35. The summed E-state index contributed by atoms with van der Waals surface area (Å²) in [4.78, 5) is 13.9. The van der Waals surface area contributed by atoms with Gasteiger partial charge in [0.05, 0.1) is 5.54 Å². The zero-order chi connectivity index (χ0) is 10.9. The SMILES string of the molecule is CC1(C(N)=O)CCCN1C1CCNCC1.Cl.Cl. The minimum absolute atomic E-state index is 0. The number of hydrogen-bond donors (Lipinski definition) is 2. The minimum atomic E-state index is -0.387. The zero-order valence-electron chi connectivity index (χ0n) is 10.3. The predicted octanol–water partition coefficient (Wildman–Crippen LogP) is 0.922. The molecule has 1 atom stereocenters. The summed E-state index contributed by atoms with van der Waals surface area (Å²) in [5.41, 5.74) is 5.15. The van der Waals surface area contributed by atoms with Crippen LogP contribution in [0.15, 0.2) is 0 Å². The van der Waals surface area contributed by atoms with Gasteiger partial charge in [-0.25, -0.2) is 0 Å². The fourth-order valence-electron chi connectivity index (χ4n) is 2.95. The van der Waals surface area contributed by atoms with Crippen LogP contribution in [0.2, 0.25) is 0 Å². The van der Waals surface area contributed by atoms with Crippen molar-refractivity contribution in [1.82, 2.24) is 10.2 Å². The van der Waals surface area contributed by atoms with Crippen molar-refractivity contribution >= 4 is 30.7 Å². The molecule has 0 aromatic rings. The first kappa shape index (κ1) is 17.0. The predicted molar refractivity (Wildman–Crippen MR) is 73.9 cm³/mol. The van der Waals surface area contributed by atoms with Crippen LogP contribution >= 0.6 is 24.8 Å². The zero-order valence-corrected chi connectivity index (χ0v) is 11.9. The quantitative estimate of drug-likeness (QED) is 0.793. The molecule has 3 N–H and O–H groups in total. The summed E-state index contributed by atoms with van der Waals surface area (Å²) in [6.45, 7) is 5.17. The standard InChI is InChI=1S/C11H21N3O.2ClH/c1-11(10(12)15)5-2-8-14(11)9-3-6-13-7-4-9;;/h9,13H,2-8H2,1H3,(H2,12,15);2*1H. The Morgan fingerprint density at radius 3 is 2.47 bits per heavy atom. The van der Waals surface area contributed by atoms with E-state index in [9.17, 15) is 4.79 Å². The number of amides is 1. The Bertz CT molecular complexity index is 259. The number of hydrogen-bond acceptors (Lipinski definition) is 3. The number of likely N-dealkylation sites (tertiary alicyclic amines) is 1. The van der Waals surface area contributed by atoms with Gasteiger partial charge in [0.15, 0.2) is 0 Å². The van der Waals surface area contributed by atoms with Gasteiger partial charge in [-0.15, -0.1) is 24.8 Å². The Kier molecular flexibility index (Phi) is 6.77. The van der Waals surface area contributed by atoms with Gasteiger partial charge in [-0.3, -0.25) is 9.69 Å². The highest BCUT2D eigenvalue weighted by Crippen LogP contribution is 2.32. The molecule has 0 spiro atoms. The van der Waals surface area contributed by atoms with Crippen molar-refractivity contribution in [2.24, 2.45) is 5.73 Å². The monoisotopic (exact) mass is 283 g/mol. The first-order valence-electron chi connectivity index (χ1n) is 5.92. The largest absolute Gasteiger partial charge is 0.368 e. The van der Waals surface area contributed by atoms with E-state index in [1.165, 1.54) is 0 Å². The molecule has 0 saturated carbocycles. The fourth-order valence-corrected chi connectivity index (χ4v) is 2.95. The number of carbonyl (C=O) groups excluding carboxylic acids is 1. The van der Waals surface area contributed by atoms with E-state index in [0.29, 0.717) is 6.04 Å². The molecule has 0 aromatic heterocycles. The molecule has 0 radical (unpaired) electrons. The number of nitrogens with two attached hydrogens (primary N) is 1. The maximum absolute atomic E-state index is 11.5. The second-order valence-electron chi connectivity index (χ2n) is 4.92. The van der Waals surface area contributed by atoms with Crippen molar-refractivity contribution in [1.29, 1.82) is 0 Å². The number of carbonyl (C=O) groups is 1. The van der Waals surface area contributed by atoms with Crippen LogP contribution in [0.25, 0.3) is 0 Å². The van der Waals surface area contributed by atoms with E-state index >= 15 is 0 Å². The number of piperidine rings is 1. The van der Waals surface area contributed by atoms with Crippen LogP contribution in [0.3, 0.4) is 0 Å². The molecule has 2 saturated heterocycles. The van der Waals surface area contributed by atoms with Gasteiger partial charge in [-0.05, 0) is 52.2 Å². The van der Waals surface area contributed by atoms with E-state index in [1.807, 2.05) is 6.92 Å². The van der Waals surface area contributed by atoms with Crippen LogP contribution in [0.4, 0.5) is 0 Å². The number of primary amides is 1. The lowest BCUT2D eigenvalue weighted by Gasteiger charge is -2.40. The summed E-state index contributed by atoms with van der Waals surface area (Å²) in [5.74, 6) is -0.154. The molecule has 1 amide bonds. The third kappa shape index (κ3) is 3.25. The molecule has 2 aliphatic heterocycles. The van der Waals surface area contributed by atoms with Gasteiger partial charge in [0.25, 0.3) is 0 Å². The second kappa shape index (κ2) is 6.78. The van der Waals surface area contributed by atoms with Crippen LogP contribution in [-0.2, 0) is 4.79 Å². The van der Waals surface area contributed by atoms with E-state index < -0.39 is 0 Å². The Morgan fingerprint density at radius 1 is 1.35 bits per heavy atom. The Labute approximate surface area is 115 Å². The number of nitrogens with one attached hydrogen (secondary N) is 1. The summed E-state index contributed by atoms with van der Waals surface area (Å²) in [6, 6.07) is 0.547. The number of rotatable bonds is 2. The van der Waals surface area contributed by atoms with Gasteiger partial charge in [0.2, 0.25) is 5.91 Å². The molecule has 2 heterocycles. The highest BCUT2D eigenvalue weighted by Gasteiger charge is 2.44. The molecule has 0 aromatic carbocycles. The summed E-state index contributed by atoms with van der Waals surface area (Å²) in [6.07, 6.45) is 4.31. The van der Waals surface area contributed by atoms with Crippen LogP contribution < -0.4 is 11.1 Å². The van der Waals surface area contributed by atoms with E-state index in [2.05, 4.69) is 10.2 Å². The normalized spacial score (nSPS) is 30.4. The summed E-state index contributed by atoms with van der Waals surface area (Å²) < 4.78 is 0. The molecule has 6 heteroatoms. The van der Waals surface area contributed by atoms with Gasteiger partial charge in [-0.1, -0.05) is 0 Å². The van der Waals surface area contributed by atoms with Gasteiger partial charge < -0.3 is 11.1 Å². The maximum atomic E-state index is 11.5. The lowest BCUT2D eigenvalue weighted by Crippen LogP contribution is -2.57. The average molecular weight is 284 g/mol. The van der Waals surface area contributed by atoms with Crippen molar-refractivity contribution in [3.05, 3.63) is 0 Å². The van der Waals surface area contributed by atoms with Crippen LogP contribution in [0.1, 0.15) is 32.6 Å². The van der Waals surface area contributed by atoms with Gasteiger partial charge in [0.1, 0.15) is 0 Å². The lowest BCUT2D eigenvalue weighted by atomic mass is 9.94. The molecule has 102 valence electrons. The molecule has 2 rings (SSSR count). The third-order valence-electron chi connectivity index (χ3n) is 3.98. The van der Waals surface area contributed by atoms with E-state index in [0.717, 1.165) is 45.3 Å².